The molecule has 0 atom stereocenters. The molecule has 0 unspecified atom stereocenters. The fourth-order valence-electron chi connectivity index (χ4n) is 0.615. The third-order valence-electron chi connectivity index (χ3n) is 1.02. The third kappa shape index (κ3) is 2.05. The van der Waals surface area contributed by atoms with Gasteiger partial charge in [-0.05, 0) is 6.07 Å². The second kappa shape index (κ2) is 3.88. The van der Waals surface area contributed by atoms with Crippen molar-refractivity contribution in [1.29, 1.82) is 0 Å². The molecule has 53 valence electrons. The fraction of sp³-hybridized carbons (Fsp3) is 0.250. The zero-order chi connectivity index (χ0) is 7.23. The number of ether oxygens (including phenoxy) is 1. The average molecular weight is 139 g/mol. The summed E-state index contributed by atoms with van der Waals surface area (Å²) in [4.78, 5) is 0. The SMILES string of the molecule is FCCOc1[c]cccc1. The average Bonchev–Trinajstić information content (AvgIpc) is 2.03. The van der Waals surface area contributed by atoms with E-state index in [9.17, 15) is 4.39 Å². The van der Waals surface area contributed by atoms with Gasteiger partial charge < -0.3 is 4.74 Å². The Kier molecular flexibility index (Phi) is 2.74. The molecule has 0 saturated carbocycles. The van der Waals surface area contributed by atoms with E-state index in [-0.39, 0.29) is 6.61 Å². The van der Waals surface area contributed by atoms with Crippen LogP contribution in [0.1, 0.15) is 0 Å². The zero-order valence-electron chi connectivity index (χ0n) is 5.51. The van der Waals surface area contributed by atoms with E-state index >= 15 is 0 Å². The predicted molar refractivity (Wildman–Crippen MR) is 36.7 cm³/mol. The van der Waals surface area contributed by atoms with E-state index < -0.39 is 6.67 Å². The summed E-state index contributed by atoms with van der Waals surface area (Å²) < 4.78 is 16.5. The Labute approximate surface area is 59.4 Å². The van der Waals surface area contributed by atoms with Crippen molar-refractivity contribution >= 4 is 0 Å². The van der Waals surface area contributed by atoms with Gasteiger partial charge in [0.1, 0.15) is 19.0 Å². The summed E-state index contributed by atoms with van der Waals surface area (Å²) in [7, 11) is 0. The lowest BCUT2D eigenvalue weighted by Gasteiger charge is -1.99. The van der Waals surface area contributed by atoms with Crippen LogP contribution in [0.25, 0.3) is 0 Å². The van der Waals surface area contributed by atoms with Gasteiger partial charge in [0.2, 0.25) is 0 Å². The van der Waals surface area contributed by atoms with Gasteiger partial charge in [-0.2, -0.15) is 0 Å². The number of rotatable bonds is 3. The van der Waals surface area contributed by atoms with Crippen LogP contribution in [0.15, 0.2) is 24.3 Å². The minimum atomic E-state index is -0.456. The van der Waals surface area contributed by atoms with E-state index in [2.05, 4.69) is 6.07 Å². The maximum atomic E-state index is 11.5. The lowest BCUT2D eigenvalue weighted by Crippen LogP contribution is -1.97. The maximum Gasteiger partial charge on any atom is 0.127 e. The molecule has 1 nitrogen and oxygen atoms in total. The molecule has 1 aromatic carbocycles. The fourth-order valence-corrected chi connectivity index (χ4v) is 0.615. The van der Waals surface area contributed by atoms with E-state index in [1.807, 2.05) is 12.1 Å². The molecule has 0 aliphatic rings. The van der Waals surface area contributed by atoms with Crippen molar-refractivity contribution in [1.82, 2.24) is 0 Å². The highest BCUT2D eigenvalue weighted by atomic mass is 19.1. The Bertz CT molecular complexity index is 174. The number of para-hydroxylation sites is 1. The van der Waals surface area contributed by atoms with Crippen molar-refractivity contribution in [3.05, 3.63) is 30.3 Å². The van der Waals surface area contributed by atoms with E-state index in [1.54, 1.807) is 12.1 Å². The van der Waals surface area contributed by atoms with Crippen molar-refractivity contribution < 1.29 is 9.13 Å². The molecular weight excluding hydrogens is 131 g/mol. The highest BCUT2D eigenvalue weighted by molar-refractivity contribution is 5.19. The summed E-state index contributed by atoms with van der Waals surface area (Å²) in [5.41, 5.74) is 0. The van der Waals surface area contributed by atoms with E-state index in [4.69, 9.17) is 4.74 Å². The summed E-state index contributed by atoms with van der Waals surface area (Å²) in [6, 6.07) is 9.95. The molecule has 0 fully saturated rings. The Morgan fingerprint density at radius 1 is 1.50 bits per heavy atom. The lowest BCUT2D eigenvalue weighted by atomic mass is 10.3. The molecule has 0 bridgehead atoms. The van der Waals surface area contributed by atoms with Crippen LogP contribution in [0.5, 0.6) is 5.75 Å². The van der Waals surface area contributed by atoms with Crippen molar-refractivity contribution in [3.8, 4) is 5.75 Å². The quantitative estimate of drug-likeness (QED) is 0.620. The van der Waals surface area contributed by atoms with Gasteiger partial charge in [0.05, 0.1) is 0 Å². The predicted octanol–water partition coefficient (Wildman–Crippen LogP) is 1.84. The minimum Gasteiger partial charge on any atom is -0.490 e. The Hall–Kier alpha value is -1.05. The van der Waals surface area contributed by atoms with Crippen LogP contribution >= 0.6 is 0 Å². The standard InChI is InChI=1S/C8H8FO/c9-6-7-10-8-4-2-1-3-5-8/h1-4H,6-7H2. The smallest absolute Gasteiger partial charge is 0.127 e. The molecule has 1 rings (SSSR count). The van der Waals surface area contributed by atoms with Crippen LogP contribution in [-0.2, 0) is 0 Å². The number of alkyl halides is 1. The van der Waals surface area contributed by atoms with Crippen LogP contribution in [0.4, 0.5) is 4.39 Å². The molecule has 0 N–H and O–H groups in total. The largest absolute Gasteiger partial charge is 0.490 e. The van der Waals surface area contributed by atoms with Gasteiger partial charge in [0.15, 0.2) is 0 Å². The highest BCUT2D eigenvalue weighted by Crippen LogP contribution is 2.06. The molecule has 1 radical (unpaired) electrons. The van der Waals surface area contributed by atoms with Gasteiger partial charge in [-0.25, -0.2) is 4.39 Å². The summed E-state index contributed by atoms with van der Waals surface area (Å²) in [6.45, 7) is -0.344. The van der Waals surface area contributed by atoms with E-state index in [0.29, 0.717) is 5.75 Å². The maximum absolute atomic E-state index is 11.5. The van der Waals surface area contributed by atoms with Crippen molar-refractivity contribution in [2.45, 2.75) is 0 Å². The number of hydrogen-bond donors (Lipinski definition) is 0. The van der Waals surface area contributed by atoms with Crippen molar-refractivity contribution in [2.75, 3.05) is 13.3 Å². The number of halogens is 1. The monoisotopic (exact) mass is 139 g/mol. The first kappa shape index (κ1) is 7.06. The van der Waals surface area contributed by atoms with Gasteiger partial charge in [-0.1, -0.05) is 18.2 Å². The van der Waals surface area contributed by atoms with Crippen LogP contribution in [0, 0.1) is 6.07 Å². The van der Waals surface area contributed by atoms with Gasteiger partial charge in [-0.3, -0.25) is 0 Å². The van der Waals surface area contributed by atoms with E-state index in [0.717, 1.165) is 0 Å². The zero-order valence-corrected chi connectivity index (χ0v) is 5.51. The second-order valence-corrected chi connectivity index (χ2v) is 1.76. The normalized spacial score (nSPS) is 9.30. The molecule has 1 aromatic rings. The molecule has 10 heavy (non-hydrogen) atoms. The van der Waals surface area contributed by atoms with Crippen LogP contribution in [0.3, 0.4) is 0 Å². The molecule has 0 saturated heterocycles. The van der Waals surface area contributed by atoms with Crippen LogP contribution in [-0.4, -0.2) is 13.3 Å². The summed E-state index contributed by atoms with van der Waals surface area (Å²) >= 11 is 0. The topological polar surface area (TPSA) is 9.23 Å². The third-order valence-corrected chi connectivity index (χ3v) is 1.02. The molecule has 0 amide bonds. The molecule has 0 spiro atoms. The van der Waals surface area contributed by atoms with Crippen molar-refractivity contribution in [3.63, 3.8) is 0 Å². The Morgan fingerprint density at radius 2 is 2.40 bits per heavy atom. The van der Waals surface area contributed by atoms with Gasteiger partial charge in [0, 0.05) is 6.07 Å². The van der Waals surface area contributed by atoms with Gasteiger partial charge in [-0.15, -0.1) is 0 Å². The van der Waals surface area contributed by atoms with Gasteiger partial charge in [0.25, 0.3) is 0 Å². The number of benzene rings is 1. The lowest BCUT2D eigenvalue weighted by molar-refractivity contribution is 0.273. The molecule has 0 aliphatic carbocycles. The molecule has 0 aliphatic heterocycles. The number of hydrogen-bond acceptors (Lipinski definition) is 1. The van der Waals surface area contributed by atoms with Gasteiger partial charge >= 0.3 is 0 Å². The molecule has 2 heteroatoms. The Morgan fingerprint density at radius 3 is 3.00 bits per heavy atom. The van der Waals surface area contributed by atoms with Crippen molar-refractivity contribution in [2.24, 2.45) is 0 Å². The van der Waals surface area contributed by atoms with Crippen LogP contribution in [0.2, 0.25) is 0 Å². The molecule has 0 heterocycles. The molecule has 0 aromatic heterocycles. The summed E-state index contributed by atoms with van der Waals surface area (Å²) in [5.74, 6) is 0.597. The summed E-state index contributed by atoms with van der Waals surface area (Å²) in [6.07, 6.45) is 0. The minimum absolute atomic E-state index is 0.112. The van der Waals surface area contributed by atoms with Crippen LogP contribution < -0.4 is 4.74 Å². The summed E-state index contributed by atoms with van der Waals surface area (Å²) in [5, 5.41) is 0. The second-order valence-electron chi connectivity index (χ2n) is 1.76. The van der Waals surface area contributed by atoms with E-state index in [1.165, 1.54) is 0 Å². The first-order valence-corrected chi connectivity index (χ1v) is 3.09. The molecular formula is C8H8FO. The first-order chi connectivity index (χ1) is 4.93. The highest BCUT2D eigenvalue weighted by Gasteiger charge is 1.88. The first-order valence-electron chi connectivity index (χ1n) is 3.09. The Balaban J connectivity index is 2.43.